The van der Waals surface area contributed by atoms with Gasteiger partial charge in [0.25, 0.3) is 0 Å². The lowest BCUT2D eigenvalue weighted by Gasteiger charge is -2.50. The van der Waals surface area contributed by atoms with Gasteiger partial charge in [-0.1, -0.05) is 283 Å². The highest BCUT2D eigenvalue weighted by molar-refractivity contribution is 7.47. The van der Waals surface area contributed by atoms with Gasteiger partial charge in [0.15, 0.2) is 24.8 Å². The van der Waals surface area contributed by atoms with Crippen molar-refractivity contribution >= 4 is 31.7 Å². The minimum atomic E-state index is -5.82. The first-order valence-electron chi connectivity index (χ1n) is 46.1. The Hall–Kier alpha value is -3.31. The number of phosphoric ester groups is 1. The van der Waals surface area contributed by atoms with E-state index in [0.29, 0.717) is 44.4 Å². The van der Waals surface area contributed by atoms with Crippen LogP contribution < -0.4 is 0 Å². The molecule has 0 bridgehead atoms. The van der Waals surface area contributed by atoms with Gasteiger partial charge in [0.05, 0.1) is 13.2 Å². The monoisotopic (exact) mass is 1680 g/mol. The van der Waals surface area contributed by atoms with Gasteiger partial charge in [0, 0.05) is 25.7 Å². The maximum atomic E-state index is 14.9. The van der Waals surface area contributed by atoms with Gasteiger partial charge >= 0.3 is 31.7 Å². The molecule has 19 atom stereocenters. The van der Waals surface area contributed by atoms with E-state index < -0.39 is 162 Å². The number of unbranched alkanes of at least 4 members (excludes halogenated alkanes) is 39. The molecule has 3 fully saturated rings. The third kappa shape index (κ3) is 48.5. The average Bonchev–Trinajstić information content (AvgIpc) is 0.753. The van der Waals surface area contributed by atoms with Crippen molar-refractivity contribution in [3.8, 4) is 0 Å². The predicted molar refractivity (Wildman–Crippen MR) is 449 cm³/mol. The number of hydrogen-bond acceptors (Lipinski definition) is 24. The first kappa shape index (κ1) is 107. The highest BCUT2D eigenvalue weighted by Gasteiger charge is 2.60. The molecule has 26 heteroatoms. The molecule has 1 saturated carbocycles. The molecule has 0 aromatic heterocycles. The summed E-state index contributed by atoms with van der Waals surface area (Å²) in [5.74, 6) is -2.35. The number of rotatable bonds is 73. The molecule has 0 aromatic carbocycles. The summed E-state index contributed by atoms with van der Waals surface area (Å²) in [6.45, 7) is 7.84. The largest absolute Gasteiger partial charge is 0.472 e. The van der Waals surface area contributed by atoms with Gasteiger partial charge in [-0.15, -0.1) is 0 Å². The Morgan fingerprint density at radius 3 is 1.13 bits per heavy atom. The van der Waals surface area contributed by atoms with E-state index in [4.69, 9.17) is 46.9 Å². The van der Waals surface area contributed by atoms with Crippen molar-refractivity contribution in [2.75, 3.05) is 26.4 Å². The number of aliphatic hydroxyl groups is 9. The maximum absolute atomic E-state index is 14.9. The SMILES string of the molecule is CCCCCC/C=C\CCCCCCCCCC(=O)OCC1OC(OC2C(OC(=O)CCCCC/C=C\CCCCCCCC)C(O)C(O)C(OC3OC(CO)C(O)C(O)C3O)C2OP(=O)(O)OCC(COC(=O)CCCCC/C=C\CCCCCCCC)OC(=O)CCCCCCCCC(C)CCCCCCCC)C(O)C(O)C1O. The van der Waals surface area contributed by atoms with Crippen LogP contribution in [0.4, 0.5) is 0 Å². The molecule has 1 aliphatic carbocycles. The van der Waals surface area contributed by atoms with Crippen molar-refractivity contribution in [3.63, 3.8) is 0 Å². The quantitative estimate of drug-likeness (QED) is 0.00889. The van der Waals surface area contributed by atoms with Crippen molar-refractivity contribution in [3.05, 3.63) is 36.5 Å². The van der Waals surface area contributed by atoms with E-state index >= 15 is 0 Å². The molecule has 2 aliphatic heterocycles. The van der Waals surface area contributed by atoms with E-state index in [-0.39, 0.29) is 32.1 Å². The van der Waals surface area contributed by atoms with Crippen LogP contribution in [-0.2, 0) is 70.7 Å². The second-order valence-corrected chi connectivity index (χ2v) is 34.5. The number of phosphoric acid groups is 1. The maximum Gasteiger partial charge on any atom is 0.472 e. The third-order valence-corrected chi connectivity index (χ3v) is 23.5. The van der Waals surface area contributed by atoms with E-state index in [2.05, 4.69) is 71.1 Å². The number of carbonyl (C=O) groups is 4. The molecule has 2 heterocycles. The fraction of sp³-hybridized carbons (Fsp3) is 0.889. The van der Waals surface area contributed by atoms with Crippen LogP contribution in [0.3, 0.4) is 0 Å². The molecule has 116 heavy (non-hydrogen) atoms. The third-order valence-electron chi connectivity index (χ3n) is 22.5. The second kappa shape index (κ2) is 68.2. The van der Waals surface area contributed by atoms with Crippen LogP contribution >= 0.6 is 7.82 Å². The number of esters is 4. The lowest BCUT2D eigenvalue weighted by molar-refractivity contribution is -0.360. The Kier molecular flexibility index (Phi) is 62.8. The molecule has 3 rings (SSSR count). The molecule has 3 aliphatic rings. The summed E-state index contributed by atoms with van der Waals surface area (Å²) < 4.78 is 73.3. The Morgan fingerprint density at radius 1 is 0.362 bits per heavy atom. The van der Waals surface area contributed by atoms with Gasteiger partial charge in [-0.2, -0.15) is 0 Å². The minimum absolute atomic E-state index is 0.00606. The Balaban J connectivity index is 1.94. The van der Waals surface area contributed by atoms with Gasteiger partial charge in [0.2, 0.25) is 0 Å². The van der Waals surface area contributed by atoms with Crippen LogP contribution in [0.2, 0.25) is 0 Å². The van der Waals surface area contributed by atoms with Crippen molar-refractivity contribution in [2.24, 2.45) is 5.92 Å². The lowest BCUT2D eigenvalue weighted by atomic mass is 9.84. The molecule has 0 radical (unpaired) electrons. The van der Waals surface area contributed by atoms with Crippen molar-refractivity contribution < 1.29 is 122 Å². The molecular formula is C90H163O25P. The van der Waals surface area contributed by atoms with Crippen molar-refractivity contribution in [1.29, 1.82) is 0 Å². The molecule has 25 nitrogen and oxygen atoms in total. The van der Waals surface area contributed by atoms with Crippen LogP contribution in [0.5, 0.6) is 0 Å². The summed E-state index contributed by atoms with van der Waals surface area (Å²) in [5, 5.41) is 102. The van der Waals surface area contributed by atoms with Crippen molar-refractivity contribution in [1.82, 2.24) is 0 Å². The zero-order valence-electron chi connectivity index (χ0n) is 72.2. The summed E-state index contributed by atoms with van der Waals surface area (Å²) >= 11 is 0. The molecule has 0 amide bonds. The highest BCUT2D eigenvalue weighted by atomic mass is 31.2. The van der Waals surface area contributed by atoms with E-state index in [1.54, 1.807) is 0 Å². The normalized spacial score (nSPS) is 25.6. The zero-order valence-corrected chi connectivity index (χ0v) is 73.1. The first-order valence-corrected chi connectivity index (χ1v) is 47.6. The van der Waals surface area contributed by atoms with E-state index in [0.717, 1.165) is 135 Å². The van der Waals surface area contributed by atoms with E-state index in [9.17, 15) is 74.6 Å². The minimum Gasteiger partial charge on any atom is -0.463 e. The Bertz CT molecular complexity index is 2580. The fourth-order valence-corrected chi connectivity index (χ4v) is 16.0. The lowest BCUT2D eigenvalue weighted by Crippen LogP contribution is -2.70. The zero-order chi connectivity index (χ0) is 84.8. The smallest absolute Gasteiger partial charge is 0.463 e. The second-order valence-electron chi connectivity index (χ2n) is 33.1. The molecule has 678 valence electrons. The fourth-order valence-electron chi connectivity index (χ4n) is 15.0. The standard InChI is InChI=1S/C90H163O25P/c1-6-10-14-18-22-25-28-31-32-35-37-40-43-50-56-62-74(93)107-68-72-78(97)80(99)84(103)90(111-72)114-87-85(112-76(95)64-58-51-44-41-38-34-30-27-24-20-16-12-8-3)81(100)82(101)86(113-89-83(102)79(98)77(96)71(65-91)110-89)88(87)115-116(104,105)108-67-70(66-106-73(92)61-55-49-42-39-36-33-29-26-23-19-15-11-7-2)109-75(94)63-57-52-46-45-48-54-60-69(5)59-53-47-21-17-13-9-4/h25,28,33-34,36,38,69-72,77-91,96-103H,6-24,26-27,29-32,35,37,39-68H2,1-5H3,(H,104,105)/b28-25-,36-33-,38-34-. The summed E-state index contributed by atoms with van der Waals surface area (Å²) in [7, 11) is -5.82. The van der Waals surface area contributed by atoms with Gasteiger partial charge < -0.3 is 88.7 Å². The topological polar surface area (TPSA) is 380 Å². The number of carbonyl (C=O) groups excluding carboxylic acids is 4. The van der Waals surface area contributed by atoms with Crippen LogP contribution in [0.25, 0.3) is 0 Å². The Labute approximate surface area is 697 Å². The molecule has 10 N–H and O–H groups in total. The Morgan fingerprint density at radius 2 is 0.698 bits per heavy atom. The van der Waals surface area contributed by atoms with Crippen LogP contribution in [0, 0.1) is 5.92 Å². The summed E-state index contributed by atoms with van der Waals surface area (Å²) in [4.78, 5) is 66.4. The summed E-state index contributed by atoms with van der Waals surface area (Å²) in [5.41, 5.74) is 0. The van der Waals surface area contributed by atoms with E-state index in [1.807, 2.05) is 0 Å². The molecule has 0 aromatic rings. The van der Waals surface area contributed by atoms with Crippen LogP contribution in [0.1, 0.15) is 375 Å². The average molecular weight is 1680 g/mol. The first-order chi connectivity index (χ1) is 56.1. The number of hydrogen-bond donors (Lipinski definition) is 10. The van der Waals surface area contributed by atoms with Gasteiger partial charge in [0.1, 0.15) is 92.6 Å². The van der Waals surface area contributed by atoms with Gasteiger partial charge in [-0.05, 0) is 109 Å². The van der Waals surface area contributed by atoms with Crippen LogP contribution in [-0.4, -0.2) is 205 Å². The highest BCUT2D eigenvalue weighted by Crippen LogP contribution is 2.49. The predicted octanol–water partition coefficient (Wildman–Crippen LogP) is 16.6. The summed E-state index contributed by atoms with van der Waals surface area (Å²) in [6.07, 6.45) is 27.4. The number of aliphatic hydroxyl groups excluding tert-OH is 9. The molecule has 0 spiro atoms. The molecular weight excluding hydrogens is 1510 g/mol. The van der Waals surface area contributed by atoms with Gasteiger partial charge in [-0.3, -0.25) is 28.2 Å². The summed E-state index contributed by atoms with van der Waals surface area (Å²) in [6, 6.07) is 0. The van der Waals surface area contributed by atoms with Gasteiger partial charge in [-0.25, -0.2) is 4.57 Å². The number of allylic oxidation sites excluding steroid dienone is 6. The van der Waals surface area contributed by atoms with Crippen LogP contribution in [0.15, 0.2) is 36.5 Å². The molecule has 2 saturated heterocycles. The molecule has 19 unspecified atom stereocenters. The van der Waals surface area contributed by atoms with E-state index in [1.165, 1.54) is 135 Å². The van der Waals surface area contributed by atoms with Crippen molar-refractivity contribution in [2.45, 2.75) is 479 Å². The number of ether oxygens (including phenoxy) is 8.